The van der Waals surface area contributed by atoms with E-state index in [4.69, 9.17) is 0 Å². The minimum absolute atomic E-state index is 0.201. The second-order valence-electron chi connectivity index (χ2n) is 8.43. The number of fused-ring (bicyclic) bond motifs is 1. The van der Waals surface area contributed by atoms with E-state index in [1.54, 1.807) is 6.07 Å². The van der Waals surface area contributed by atoms with Crippen molar-refractivity contribution in [3.63, 3.8) is 0 Å². The molecule has 0 radical (unpaired) electrons. The molecule has 2 N–H and O–H groups in total. The molecule has 0 aromatic heterocycles. The smallest absolute Gasteiger partial charge is 0.251 e. The lowest BCUT2D eigenvalue weighted by Crippen LogP contribution is -2.50. The van der Waals surface area contributed by atoms with Gasteiger partial charge in [-0.15, -0.1) is 0 Å². The van der Waals surface area contributed by atoms with E-state index in [0.29, 0.717) is 24.8 Å². The van der Waals surface area contributed by atoms with E-state index >= 15 is 0 Å². The molecule has 32 heavy (non-hydrogen) atoms. The molecule has 2 atom stereocenters. The van der Waals surface area contributed by atoms with Crippen LogP contribution in [0.1, 0.15) is 42.6 Å². The maximum absolute atomic E-state index is 13.0. The van der Waals surface area contributed by atoms with Crippen molar-refractivity contribution in [1.29, 1.82) is 5.26 Å². The van der Waals surface area contributed by atoms with Crippen LogP contribution in [0.4, 0.5) is 0 Å². The van der Waals surface area contributed by atoms with Gasteiger partial charge in [0.05, 0.1) is 6.07 Å². The van der Waals surface area contributed by atoms with Gasteiger partial charge in [0.15, 0.2) is 0 Å². The number of benzene rings is 3. The van der Waals surface area contributed by atoms with E-state index in [9.17, 15) is 14.9 Å². The van der Waals surface area contributed by atoms with Crippen LogP contribution in [0.2, 0.25) is 0 Å². The number of rotatable bonds is 9. The van der Waals surface area contributed by atoms with Crippen molar-refractivity contribution >= 4 is 22.6 Å². The third-order valence-electron chi connectivity index (χ3n) is 5.38. The first kappa shape index (κ1) is 23.0. The van der Waals surface area contributed by atoms with Crippen LogP contribution in [-0.2, 0) is 11.2 Å². The standard InChI is InChI=1S/C27H29N3O2/c1-19(2)16-25(27(32)29-24(18-28)15-12-20-8-4-3-5-9-20)30-26(31)23-14-13-21-10-6-7-11-22(21)17-23/h3-11,13-14,17,19,24-25H,12,15-16H2,1-2H3,(H,29,32)(H,30,31). The molecule has 0 bridgehead atoms. The molecule has 164 valence electrons. The Balaban J connectivity index is 1.66. The van der Waals surface area contributed by atoms with Crippen LogP contribution >= 0.6 is 0 Å². The zero-order valence-corrected chi connectivity index (χ0v) is 18.5. The summed E-state index contributed by atoms with van der Waals surface area (Å²) in [7, 11) is 0. The Labute approximate surface area is 189 Å². The summed E-state index contributed by atoms with van der Waals surface area (Å²) in [5, 5.41) is 17.2. The summed E-state index contributed by atoms with van der Waals surface area (Å²) in [5.74, 6) is -0.422. The normalized spacial score (nSPS) is 12.7. The summed E-state index contributed by atoms with van der Waals surface area (Å²) in [5.41, 5.74) is 1.62. The lowest BCUT2D eigenvalue weighted by molar-refractivity contribution is -0.123. The van der Waals surface area contributed by atoms with E-state index in [-0.39, 0.29) is 17.7 Å². The maximum atomic E-state index is 13.0. The highest BCUT2D eigenvalue weighted by molar-refractivity contribution is 6.00. The Morgan fingerprint density at radius 2 is 1.59 bits per heavy atom. The first-order valence-corrected chi connectivity index (χ1v) is 11.0. The number of hydrogen-bond acceptors (Lipinski definition) is 3. The average molecular weight is 428 g/mol. The lowest BCUT2D eigenvalue weighted by atomic mass is 10.0. The van der Waals surface area contributed by atoms with Gasteiger partial charge in [-0.05, 0) is 53.6 Å². The SMILES string of the molecule is CC(C)CC(NC(=O)c1ccc2ccccc2c1)C(=O)NC(C#N)CCc1ccccc1. The highest BCUT2D eigenvalue weighted by Crippen LogP contribution is 2.16. The highest BCUT2D eigenvalue weighted by Gasteiger charge is 2.24. The van der Waals surface area contributed by atoms with Crippen molar-refractivity contribution < 1.29 is 9.59 Å². The van der Waals surface area contributed by atoms with Gasteiger partial charge in [0.25, 0.3) is 5.91 Å². The van der Waals surface area contributed by atoms with Gasteiger partial charge in [0.1, 0.15) is 12.1 Å². The summed E-state index contributed by atoms with van der Waals surface area (Å²) in [6, 6.07) is 24.0. The minimum Gasteiger partial charge on any atom is -0.340 e. The lowest BCUT2D eigenvalue weighted by Gasteiger charge is -2.22. The van der Waals surface area contributed by atoms with Crippen LogP contribution in [0.25, 0.3) is 10.8 Å². The van der Waals surface area contributed by atoms with Crippen molar-refractivity contribution in [3.05, 3.63) is 83.9 Å². The first-order chi connectivity index (χ1) is 15.5. The first-order valence-electron chi connectivity index (χ1n) is 11.0. The number of aryl methyl sites for hydroxylation is 1. The van der Waals surface area contributed by atoms with Crippen LogP contribution < -0.4 is 10.6 Å². The molecule has 2 amide bonds. The monoisotopic (exact) mass is 427 g/mol. The highest BCUT2D eigenvalue weighted by atomic mass is 16.2. The molecule has 0 aliphatic heterocycles. The van der Waals surface area contributed by atoms with E-state index in [0.717, 1.165) is 16.3 Å². The Morgan fingerprint density at radius 3 is 2.28 bits per heavy atom. The van der Waals surface area contributed by atoms with Gasteiger partial charge in [-0.1, -0.05) is 74.5 Å². The molecule has 0 heterocycles. The van der Waals surface area contributed by atoms with Crippen molar-refractivity contribution in [2.75, 3.05) is 0 Å². The molecule has 0 spiro atoms. The van der Waals surface area contributed by atoms with Crippen LogP contribution in [0.3, 0.4) is 0 Å². The number of carbonyl (C=O) groups is 2. The van der Waals surface area contributed by atoms with E-state index in [2.05, 4.69) is 16.7 Å². The number of nitrogens with zero attached hydrogens (tertiary/aromatic N) is 1. The minimum atomic E-state index is -0.707. The topological polar surface area (TPSA) is 82.0 Å². The van der Waals surface area contributed by atoms with Crippen molar-refractivity contribution in [2.24, 2.45) is 5.92 Å². The molecule has 0 saturated carbocycles. The fraction of sp³-hybridized carbons (Fsp3) is 0.296. The molecule has 3 rings (SSSR count). The molecule has 5 heteroatoms. The molecule has 0 saturated heterocycles. The summed E-state index contributed by atoms with van der Waals surface area (Å²) < 4.78 is 0. The predicted octanol–water partition coefficient (Wildman–Crippen LogP) is 4.63. The molecule has 0 fully saturated rings. The van der Waals surface area contributed by atoms with Crippen LogP contribution in [0.15, 0.2) is 72.8 Å². The Bertz CT molecular complexity index is 1100. The van der Waals surface area contributed by atoms with Crippen molar-refractivity contribution in [2.45, 2.75) is 45.2 Å². The number of nitrogens with one attached hydrogen (secondary N) is 2. The van der Waals surface area contributed by atoms with E-state index in [1.165, 1.54) is 0 Å². The molecular formula is C27H29N3O2. The largest absolute Gasteiger partial charge is 0.340 e. The van der Waals surface area contributed by atoms with E-state index < -0.39 is 12.1 Å². The molecule has 5 nitrogen and oxygen atoms in total. The third-order valence-corrected chi connectivity index (χ3v) is 5.38. The number of carbonyl (C=O) groups excluding carboxylic acids is 2. The Hall–Kier alpha value is -3.65. The zero-order chi connectivity index (χ0) is 22.9. The quantitative estimate of drug-likeness (QED) is 0.522. The van der Waals surface area contributed by atoms with Crippen molar-refractivity contribution in [1.82, 2.24) is 10.6 Å². The maximum Gasteiger partial charge on any atom is 0.251 e. The molecular weight excluding hydrogens is 398 g/mol. The molecule has 0 aliphatic carbocycles. The van der Waals surface area contributed by atoms with Gasteiger partial charge < -0.3 is 10.6 Å². The van der Waals surface area contributed by atoms with Gasteiger partial charge in [-0.3, -0.25) is 9.59 Å². The van der Waals surface area contributed by atoms with Gasteiger partial charge >= 0.3 is 0 Å². The molecule has 3 aromatic rings. The summed E-state index contributed by atoms with van der Waals surface area (Å²) in [6.07, 6.45) is 1.69. The summed E-state index contributed by atoms with van der Waals surface area (Å²) in [6.45, 7) is 4.00. The fourth-order valence-electron chi connectivity index (χ4n) is 3.67. The van der Waals surface area contributed by atoms with E-state index in [1.807, 2.05) is 80.6 Å². The molecule has 0 aliphatic rings. The van der Waals surface area contributed by atoms with Gasteiger partial charge in [-0.2, -0.15) is 5.26 Å². The number of amides is 2. The average Bonchev–Trinajstić information content (AvgIpc) is 2.81. The van der Waals surface area contributed by atoms with Crippen molar-refractivity contribution in [3.8, 4) is 6.07 Å². The van der Waals surface area contributed by atoms with Gasteiger partial charge in [0.2, 0.25) is 5.91 Å². The summed E-state index contributed by atoms with van der Waals surface area (Å²) in [4.78, 5) is 25.9. The summed E-state index contributed by atoms with van der Waals surface area (Å²) >= 11 is 0. The Morgan fingerprint density at radius 1 is 0.906 bits per heavy atom. The second kappa shape index (κ2) is 11.1. The van der Waals surface area contributed by atoms with Gasteiger partial charge in [0, 0.05) is 5.56 Å². The number of hydrogen-bond donors (Lipinski definition) is 2. The molecule has 2 unspecified atom stereocenters. The molecule has 3 aromatic carbocycles. The second-order valence-corrected chi connectivity index (χ2v) is 8.43. The van der Waals surface area contributed by atoms with Crippen LogP contribution in [-0.4, -0.2) is 23.9 Å². The van der Waals surface area contributed by atoms with Crippen LogP contribution in [0, 0.1) is 17.2 Å². The fourth-order valence-corrected chi connectivity index (χ4v) is 3.67. The van der Waals surface area contributed by atoms with Gasteiger partial charge in [-0.25, -0.2) is 0 Å². The number of nitriles is 1. The predicted molar refractivity (Wildman–Crippen MR) is 127 cm³/mol. The zero-order valence-electron chi connectivity index (χ0n) is 18.5. The third kappa shape index (κ3) is 6.42. The van der Waals surface area contributed by atoms with Crippen LogP contribution in [0.5, 0.6) is 0 Å². The Kier molecular flexibility index (Phi) is 7.99.